The van der Waals surface area contributed by atoms with Gasteiger partial charge in [-0.05, 0) is 48.9 Å². The van der Waals surface area contributed by atoms with E-state index in [1.54, 1.807) is 4.90 Å². The number of anilines is 1. The summed E-state index contributed by atoms with van der Waals surface area (Å²) in [4.78, 5) is 38.6. The number of hydrogen-bond acceptors (Lipinski definition) is 4. The minimum Gasteiger partial charge on any atom is -0.310 e. The molecule has 27 heavy (non-hydrogen) atoms. The summed E-state index contributed by atoms with van der Waals surface area (Å²) in [5.74, 6) is -0.818. The molecule has 0 bridgehead atoms. The third-order valence-corrected chi connectivity index (χ3v) is 5.97. The molecule has 138 valence electrons. The van der Waals surface area contributed by atoms with Gasteiger partial charge in [-0.25, -0.2) is 0 Å². The van der Waals surface area contributed by atoms with Crippen LogP contribution < -0.4 is 15.5 Å². The van der Waals surface area contributed by atoms with Crippen molar-refractivity contribution in [3.8, 4) is 0 Å². The molecular formula is C21H21N3O3. The van der Waals surface area contributed by atoms with Crippen LogP contribution in [0.5, 0.6) is 0 Å². The second-order valence-corrected chi connectivity index (χ2v) is 7.55. The van der Waals surface area contributed by atoms with E-state index in [0.717, 1.165) is 29.4 Å². The second kappa shape index (κ2) is 6.16. The Balaban J connectivity index is 1.62. The SMILES string of the molecule is O=C1CCC(N2C(=O)c3cccc4c(C5CCCCN5)ccc2c34)C(=O)N1. The monoisotopic (exact) mass is 363 g/mol. The number of carbonyl (C=O) groups is 3. The van der Waals surface area contributed by atoms with E-state index < -0.39 is 11.9 Å². The topological polar surface area (TPSA) is 78.5 Å². The first kappa shape index (κ1) is 16.4. The smallest absolute Gasteiger partial charge is 0.259 e. The van der Waals surface area contributed by atoms with Crippen LogP contribution in [0.25, 0.3) is 10.8 Å². The summed E-state index contributed by atoms with van der Waals surface area (Å²) in [5.41, 5.74) is 2.64. The number of benzene rings is 2. The van der Waals surface area contributed by atoms with Crippen LogP contribution in [0.15, 0.2) is 30.3 Å². The first-order chi connectivity index (χ1) is 13.1. The Morgan fingerprint density at radius 2 is 1.89 bits per heavy atom. The van der Waals surface area contributed by atoms with Crippen LogP contribution in [0.1, 0.15) is 54.1 Å². The van der Waals surface area contributed by atoms with Crippen LogP contribution in [0.4, 0.5) is 5.69 Å². The van der Waals surface area contributed by atoms with E-state index in [1.807, 2.05) is 18.2 Å². The number of nitrogens with zero attached hydrogens (tertiary/aromatic N) is 1. The van der Waals surface area contributed by atoms with Crippen LogP contribution in [-0.2, 0) is 9.59 Å². The van der Waals surface area contributed by atoms with Gasteiger partial charge in [-0.3, -0.25) is 24.6 Å². The Morgan fingerprint density at radius 1 is 1.00 bits per heavy atom. The number of hydrogen-bond donors (Lipinski definition) is 2. The zero-order valence-electron chi connectivity index (χ0n) is 15.0. The molecule has 2 fully saturated rings. The molecule has 0 spiro atoms. The quantitative estimate of drug-likeness (QED) is 0.804. The van der Waals surface area contributed by atoms with Crippen molar-refractivity contribution >= 4 is 34.2 Å². The minimum absolute atomic E-state index is 0.154. The minimum atomic E-state index is -0.635. The van der Waals surface area contributed by atoms with Gasteiger partial charge in [0.05, 0.1) is 5.69 Å². The Hall–Kier alpha value is -2.73. The molecule has 3 amide bonds. The third kappa shape index (κ3) is 2.47. The maximum Gasteiger partial charge on any atom is 0.259 e. The molecule has 2 atom stereocenters. The van der Waals surface area contributed by atoms with E-state index in [-0.39, 0.29) is 18.2 Å². The van der Waals surface area contributed by atoms with Gasteiger partial charge in [-0.15, -0.1) is 0 Å². The largest absolute Gasteiger partial charge is 0.310 e. The number of rotatable bonds is 2. The van der Waals surface area contributed by atoms with Gasteiger partial charge in [0, 0.05) is 23.4 Å². The average molecular weight is 363 g/mol. The van der Waals surface area contributed by atoms with E-state index in [2.05, 4.69) is 22.8 Å². The Bertz CT molecular complexity index is 978. The van der Waals surface area contributed by atoms with Crippen LogP contribution in [-0.4, -0.2) is 30.3 Å². The molecule has 0 saturated carbocycles. The molecule has 6 heteroatoms. The fourth-order valence-corrected chi connectivity index (χ4v) is 4.69. The molecule has 2 N–H and O–H groups in total. The molecule has 3 aliphatic heterocycles. The molecule has 5 rings (SSSR count). The zero-order valence-corrected chi connectivity index (χ0v) is 15.0. The lowest BCUT2D eigenvalue weighted by Crippen LogP contribution is -2.53. The standard InChI is InChI=1S/C21H21N3O3/c25-18-10-9-17(20(26)23-18)24-16-8-7-12(15-6-1-2-11-22-15)13-4-3-5-14(19(13)16)21(24)27/h3-5,7-8,15,17,22H,1-2,6,9-11H2,(H,23,25,26). The van der Waals surface area contributed by atoms with Gasteiger partial charge in [0.1, 0.15) is 6.04 Å². The van der Waals surface area contributed by atoms with Gasteiger partial charge in [-0.1, -0.05) is 24.6 Å². The lowest BCUT2D eigenvalue weighted by molar-refractivity contribution is -0.134. The summed E-state index contributed by atoms with van der Waals surface area (Å²) < 4.78 is 0. The molecule has 2 saturated heterocycles. The van der Waals surface area contributed by atoms with E-state index in [4.69, 9.17) is 0 Å². The Kier molecular flexibility index (Phi) is 3.75. The van der Waals surface area contributed by atoms with Gasteiger partial charge >= 0.3 is 0 Å². The van der Waals surface area contributed by atoms with E-state index in [1.165, 1.54) is 18.4 Å². The van der Waals surface area contributed by atoms with Gasteiger partial charge in [-0.2, -0.15) is 0 Å². The lowest BCUT2D eigenvalue weighted by atomic mass is 9.91. The highest BCUT2D eigenvalue weighted by Gasteiger charge is 2.41. The van der Waals surface area contributed by atoms with Gasteiger partial charge in [0.15, 0.2) is 0 Å². The molecule has 0 aromatic heterocycles. The molecule has 2 aromatic rings. The summed E-state index contributed by atoms with van der Waals surface area (Å²) in [6.07, 6.45) is 4.09. The van der Waals surface area contributed by atoms with E-state index in [9.17, 15) is 14.4 Å². The maximum absolute atomic E-state index is 13.1. The third-order valence-electron chi connectivity index (χ3n) is 5.97. The van der Waals surface area contributed by atoms with Crippen molar-refractivity contribution in [2.75, 3.05) is 11.4 Å². The predicted molar refractivity (Wildman–Crippen MR) is 102 cm³/mol. The molecule has 2 aromatic carbocycles. The molecule has 2 unspecified atom stereocenters. The first-order valence-electron chi connectivity index (χ1n) is 9.61. The zero-order chi connectivity index (χ0) is 18.5. The molecule has 0 aliphatic carbocycles. The average Bonchev–Trinajstić information content (AvgIpc) is 2.97. The number of nitrogens with one attached hydrogen (secondary N) is 2. The summed E-state index contributed by atoms with van der Waals surface area (Å²) in [6.45, 7) is 1.01. The van der Waals surface area contributed by atoms with Crippen molar-refractivity contribution in [1.82, 2.24) is 10.6 Å². The molecular weight excluding hydrogens is 342 g/mol. The Labute approximate surface area is 156 Å². The summed E-state index contributed by atoms with van der Waals surface area (Å²) >= 11 is 0. The maximum atomic E-state index is 13.1. The van der Waals surface area contributed by atoms with E-state index in [0.29, 0.717) is 18.0 Å². The van der Waals surface area contributed by atoms with Crippen molar-refractivity contribution in [2.24, 2.45) is 0 Å². The van der Waals surface area contributed by atoms with Crippen molar-refractivity contribution in [3.63, 3.8) is 0 Å². The second-order valence-electron chi connectivity index (χ2n) is 7.55. The summed E-state index contributed by atoms with van der Waals surface area (Å²) in [6, 6.07) is 9.52. The van der Waals surface area contributed by atoms with Crippen LogP contribution in [0.2, 0.25) is 0 Å². The fourth-order valence-electron chi connectivity index (χ4n) is 4.69. The van der Waals surface area contributed by atoms with Gasteiger partial charge in [0.25, 0.3) is 5.91 Å². The van der Waals surface area contributed by atoms with E-state index >= 15 is 0 Å². The molecule has 3 aliphatic rings. The van der Waals surface area contributed by atoms with Gasteiger partial charge < -0.3 is 5.32 Å². The fraction of sp³-hybridized carbons (Fsp3) is 0.381. The van der Waals surface area contributed by atoms with Crippen molar-refractivity contribution in [3.05, 3.63) is 41.5 Å². The molecule has 6 nitrogen and oxygen atoms in total. The summed E-state index contributed by atoms with van der Waals surface area (Å²) in [7, 11) is 0. The highest BCUT2D eigenvalue weighted by molar-refractivity contribution is 6.27. The molecule has 3 heterocycles. The normalized spacial score (nSPS) is 25.2. The number of carbonyl (C=O) groups excluding carboxylic acids is 3. The molecule has 0 radical (unpaired) electrons. The highest BCUT2D eigenvalue weighted by Crippen LogP contribution is 2.43. The van der Waals surface area contributed by atoms with Crippen LogP contribution >= 0.6 is 0 Å². The highest BCUT2D eigenvalue weighted by atomic mass is 16.2. The predicted octanol–water partition coefficient (Wildman–Crippen LogP) is 2.42. The van der Waals surface area contributed by atoms with Gasteiger partial charge in [0.2, 0.25) is 11.8 Å². The number of amides is 3. The number of piperidine rings is 2. The summed E-state index contributed by atoms with van der Waals surface area (Å²) in [5, 5.41) is 7.96. The van der Waals surface area contributed by atoms with Crippen LogP contribution in [0, 0.1) is 0 Å². The Morgan fingerprint density at radius 3 is 2.67 bits per heavy atom. The van der Waals surface area contributed by atoms with Crippen molar-refractivity contribution in [1.29, 1.82) is 0 Å². The van der Waals surface area contributed by atoms with Crippen molar-refractivity contribution < 1.29 is 14.4 Å². The first-order valence-corrected chi connectivity index (χ1v) is 9.61. The van der Waals surface area contributed by atoms with Crippen molar-refractivity contribution in [2.45, 2.75) is 44.2 Å². The van der Waals surface area contributed by atoms with Crippen LogP contribution in [0.3, 0.4) is 0 Å². The lowest BCUT2D eigenvalue weighted by Gasteiger charge is -2.30. The number of imide groups is 1.